The number of aliphatic hydroxyl groups is 1. The molecule has 23 heavy (non-hydrogen) atoms. The van der Waals surface area contributed by atoms with Crippen LogP contribution in [0.4, 0.5) is 0 Å². The number of esters is 1. The molecule has 5 nitrogen and oxygen atoms in total. The first kappa shape index (κ1) is 16.3. The molecule has 2 aliphatic rings. The number of rotatable bonds is 3. The summed E-state index contributed by atoms with van der Waals surface area (Å²) in [6.45, 7) is 5.48. The molecule has 0 radical (unpaired) electrons. The Labute approximate surface area is 137 Å². The van der Waals surface area contributed by atoms with Crippen LogP contribution >= 0.6 is 0 Å². The van der Waals surface area contributed by atoms with Crippen LogP contribution in [0.5, 0.6) is 5.75 Å². The second-order valence-corrected chi connectivity index (χ2v) is 7.13. The number of fused-ring (bicyclic) bond motifs is 1. The number of aliphatic hydroxyl groups excluding tert-OH is 1. The molecule has 2 atom stereocenters. The molecule has 3 rings (SSSR count). The smallest absolute Gasteiger partial charge is 0.323 e. The number of para-hydroxylation sites is 1. The highest BCUT2D eigenvalue weighted by Gasteiger charge is 2.36. The maximum absolute atomic E-state index is 12.0. The average Bonchev–Trinajstić information content (AvgIpc) is 2.83. The third kappa shape index (κ3) is 3.35. The third-order valence-electron chi connectivity index (χ3n) is 4.70. The molecule has 0 saturated carbocycles. The summed E-state index contributed by atoms with van der Waals surface area (Å²) < 4.78 is 11.0. The summed E-state index contributed by atoms with van der Waals surface area (Å²) in [5.41, 5.74) is 2.13. The molecular weight excluding hydrogens is 294 g/mol. The monoisotopic (exact) mass is 319 g/mol. The van der Waals surface area contributed by atoms with E-state index in [0.717, 1.165) is 17.7 Å². The van der Waals surface area contributed by atoms with Crippen molar-refractivity contribution >= 4 is 5.97 Å². The Bertz CT molecular complexity index is 599. The van der Waals surface area contributed by atoms with Gasteiger partial charge in [0.05, 0.1) is 13.2 Å². The molecular formula is C18H25NO4. The van der Waals surface area contributed by atoms with Gasteiger partial charge in [-0.15, -0.1) is 0 Å². The SMILES string of the molecule is COC(=O)[C@H]1C[C@@H](O)CCN1Cc1cccc2c1OC(C)(C)C2. The minimum absolute atomic E-state index is 0.182. The number of hydrogen-bond acceptors (Lipinski definition) is 5. The average molecular weight is 319 g/mol. The van der Waals surface area contributed by atoms with Gasteiger partial charge >= 0.3 is 5.97 Å². The molecule has 1 aromatic rings. The summed E-state index contributed by atoms with van der Waals surface area (Å²) in [5.74, 6) is 0.671. The zero-order chi connectivity index (χ0) is 16.6. The maximum atomic E-state index is 12.0. The quantitative estimate of drug-likeness (QED) is 0.862. The fourth-order valence-corrected chi connectivity index (χ4v) is 3.59. The van der Waals surface area contributed by atoms with Crippen molar-refractivity contribution in [1.82, 2.24) is 4.90 Å². The Morgan fingerprint density at radius 3 is 3.00 bits per heavy atom. The summed E-state index contributed by atoms with van der Waals surface area (Å²) in [7, 11) is 1.40. The normalized spacial score (nSPS) is 26.4. The number of methoxy groups -OCH3 is 1. The van der Waals surface area contributed by atoms with Crippen molar-refractivity contribution in [1.29, 1.82) is 0 Å². The highest BCUT2D eigenvalue weighted by atomic mass is 16.5. The van der Waals surface area contributed by atoms with E-state index >= 15 is 0 Å². The number of piperidine rings is 1. The molecule has 1 fully saturated rings. The number of benzene rings is 1. The molecule has 1 aromatic carbocycles. The van der Waals surface area contributed by atoms with Gasteiger partial charge in [0.15, 0.2) is 0 Å². The van der Waals surface area contributed by atoms with Crippen LogP contribution in [-0.2, 0) is 22.5 Å². The van der Waals surface area contributed by atoms with Crippen molar-refractivity contribution in [3.63, 3.8) is 0 Å². The lowest BCUT2D eigenvalue weighted by atomic mass is 9.97. The van der Waals surface area contributed by atoms with E-state index in [1.54, 1.807) is 0 Å². The zero-order valence-electron chi connectivity index (χ0n) is 14.0. The number of likely N-dealkylation sites (tertiary alicyclic amines) is 1. The third-order valence-corrected chi connectivity index (χ3v) is 4.70. The standard InChI is InChI=1S/C18H25NO4/c1-18(2)10-12-5-4-6-13(16(12)23-18)11-19-8-7-14(20)9-15(19)17(21)22-3/h4-6,14-15,20H,7-11H2,1-3H3/t14-,15+/m0/s1. The van der Waals surface area contributed by atoms with Crippen LogP contribution in [0.25, 0.3) is 0 Å². The van der Waals surface area contributed by atoms with E-state index in [9.17, 15) is 9.90 Å². The van der Waals surface area contributed by atoms with Gasteiger partial charge in [-0.05, 0) is 32.3 Å². The second-order valence-electron chi connectivity index (χ2n) is 7.13. The zero-order valence-corrected chi connectivity index (χ0v) is 14.0. The van der Waals surface area contributed by atoms with E-state index in [1.807, 2.05) is 6.07 Å². The van der Waals surface area contributed by atoms with Crippen molar-refractivity contribution in [3.8, 4) is 5.75 Å². The molecule has 0 amide bonds. The van der Waals surface area contributed by atoms with Crippen molar-refractivity contribution in [2.75, 3.05) is 13.7 Å². The van der Waals surface area contributed by atoms with Gasteiger partial charge in [0, 0.05) is 25.1 Å². The van der Waals surface area contributed by atoms with Crippen molar-refractivity contribution in [2.24, 2.45) is 0 Å². The first-order valence-electron chi connectivity index (χ1n) is 8.19. The van der Waals surface area contributed by atoms with Crippen LogP contribution in [0.2, 0.25) is 0 Å². The molecule has 0 aromatic heterocycles. The fraction of sp³-hybridized carbons (Fsp3) is 0.611. The predicted octanol–water partition coefficient (Wildman–Crippen LogP) is 1.90. The van der Waals surface area contributed by atoms with Gasteiger partial charge in [0.1, 0.15) is 17.4 Å². The minimum atomic E-state index is -0.438. The molecule has 0 spiro atoms. The lowest BCUT2D eigenvalue weighted by Gasteiger charge is -2.36. The Morgan fingerprint density at radius 1 is 1.48 bits per heavy atom. The van der Waals surface area contributed by atoms with Crippen LogP contribution < -0.4 is 4.74 Å². The van der Waals surface area contributed by atoms with E-state index in [2.05, 4.69) is 30.9 Å². The number of carbonyl (C=O) groups excluding carboxylic acids is 1. The Balaban J connectivity index is 1.82. The Hall–Kier alpha value is -1.59. The second kappa shape index (κ2) is 6.13. The van der Waals surface area contributed by atoms with Gasteiger partial charge in [0.2, 0.25) is 0 Å². The fourth-order valence-electron chi connectivity index (χ4n) is 3.59. The molecule has 0 bridgehead atoms. The molecule has 5 heteroatoms. The number of carbonyl (C=O) groups is 1. The van der Waals surface area contributed by atoms with Crippen LogP contribution in [0, 0.1) is 0 Å². The minimum Gasteiger partial charge on any atom is -0.487 e. The molecule has 1 N–H and O–H groups in total. The van der Waals surface area contributed by atoms with Crippen LogP contribution in [0.1, 0.15) is 37.8 Å². The van der Waals surface area contributed by atoms with Gasteiger partial charge in [-0.25, -0.2) is 0 Å². The van der Waals surface area contributed by atoms with Crippen molar-refractivity contribution < 1.29 is 19.4 Å². The van der Waals surface area contributed by atoms with Gasteiger partial charge in [-0.2, -0.15) is 0 Å². The number of ether oxygens (including phenoxy) is 2. The molecule has 0 aliphatic carbocycles. The topological polar surface area (TPSA) is 59.0 Å². The lowest BCUT2D eigenvalue weighted by molar-refractivity contribution is -0.150. The van der Waals surface area contributed by atoms with Crippen LogP contribution in [-0.4, -0.2) is 47.4 Å². The largest absolute Gasteiger partial charge is 0.487 e. The Kier molecular flexibility index (Phi) is 4.34. The van der Waals surface area contributed by atoms with E-state index < -0.39 is 12.1 Å². The molecule has 1 saturated heterocycles. The molecule has 2 aliphatic heterocycles. The van der Waals surface area contributed by atoms with E-state index in [-0.39, 0.29) is 11.6 Å². The summed E-state index contributed by atoms with van der Waals surface area (Å²) in [6, 6.07) is 5.81. The summed E-state index contributed by atoms with van der Waals surface area (Å²) in [5, 5.41) is 9.87. The van der Waals surface area contributed by atoms with Crippen LogP contribution in [0.3, 0.4) is 0 Å². The van der Waals surface area contributed by atoms with Gasteiger partial charge in [-0.3, -0.25) is 9.69 Å². The van der Waals surface area contributed by atoms with E-state index in [1.165, 1.54) is 12.7 Å². The lowest BCUT2D eigenvalue weighted by Crippen LogP contribution is -2.48. The van der Waals surface area contributed by atoms with Crippen molar-refractivity contribution in [2.45, 2.75) is 57.4 Å². The predicted molar refractivity (Wildman–Crippen MR) is 86.3 cm³/mol. The Morgan fingerprint density at radius 2 is 2.26 bits per heavy atom. The summed E-state index contributed by atoms with van der Waals surface area (Å²) >= 11 is 0. The first-order chi connectivity index (χ1) is 10.9. The molecule has 2 heterocycles. The van der Waals surface area contributed by atoms with E-state index in [0.29, 0.717) is 25.9 Å². The molecule has 126 valence electrons. The number of nitrogens with zero attached hydrogens (tertiary/aromatic N) is 1. The number of hydrogen-bond donors (Lipinski definition) is 1. The summed E-state index contributed by atoms with van der Waals surface area (Å²) in [6.07, 6.45) is 1.56. The molecule has 0 unspecified atom stereocenters. The first-order valence-corrected chi connectivity index (χ1v) is 8.19. The van der Waals surface area contributed by atoms with Gasteiger partial charge in [-0.1, -0.05) is 18.2 Å². The van der Waals surface area contributed by atoms with Gasteiger partial charge < -0.3 is 14.6 Å². The van der Waals surface area contributed by atoms with Crippen molar-refractivity contribution in [3.05, 3.63) is 29.3 Å². The highest BCUT2D eigenvalue weighted by Crippen LogP contribution is 2.38. The van der Waals surface area contributed by atoms with Gasteiger partial charge in [0.25, 0.3) is 0 Å². The van der Waals surface area contributed by atoms with Crippen LogP contribution in [0.15, 0.2) is 18.2 Å². The maximum Gasteiger partial charge on any atom is 0.323 e. The highest BCUT2D eigenvalue weighted by molar-refractivity contribution is 5.75. The summed E-state index contributed by atoms with van der Waals surface area (Å²) in [4.78, 5) is 14.1. The van der Waals surface area contributed by atoms with E-state index in [4.69, 9.17) is 9.47 Å².